The van der Waals surface area contributed by atoms with Crippen LogP contribution in [0.1, 0.15) is 25.7 Å². The average molecular weight is 216 g/mol. The predicted octanol–water partition coefficient (Wildman–Crippen LogP) is 1.84. The number of anilines is 1. The van der Waals surface area contributed by atoms with Crippen LogP contribution in [0.2, 0.25) is 0 Å². The highest BCUT2D eigenvalue weighted by atomic mass is 35.5. The number of aromatic nitrogens is 2. The Morgan fingerprint density at radius 2 is 2.43 bits per heavy atom. The first kappa shape index (κ1) is 9.77. The summed E-state index contributed by atoms with van der Waals surface area (Å²) >= 11 is 5.59. The number of aryl methyl sites for hydroxylation is 1. The lowest BCUT2D eigenvalue weighted by Crippen LogP contribution is -2.26. The topological polar surface area (TPSA) is 42.2 Å². The van der Waals surface area contributed by atoms with Gasteiger partial charge in [0.25, 0.3) is 0 Å². The zero-order chi connectivity index (χ0) is 9.97. The molecule has 2 rings (SSSR count). The molecule has 0 N–H and O–H groups in total. The van der Waals surface area contributed by atoms with Gasteiger partial charge in [-0.3, -0.25) is 0 Å². The number of rotatable bonds is 3. The molecule has 14 heavy (non-hydrogen) atoms. The van der Waals surface area contributed by atoms with E-state index in [1.165, 1.54) is 12.8 Å². The van der Waals surface area contributed by atoms with Gasteiger partial charge >= 0.3 is 6.01 Å². The number of nitrogens with zero attached hydrogens (tertiary/aromatic N) is 3. The number of hydrogen-bond donors (Lipinski definition) is 0. The van der Waals surface area contributed by atoms with E-state index in [0.717, 1.165) is 6.54 Å². The molecule has 0 saturated carbocycles. The van der Waals surface area contributed by atoms with Crippen molar-refractivity contribution in [2.24, 2.45) is 0 Å². The summed E-state index contributed by atoms with van der Waals surface area (Å²) in [5.74, 6) is 1.16. The van der Waals surface area contributed by atoms with Gasteiger partial charge in [0.15, 0.2) is 0 Å². The fourth-order valence-corrected chi connectivity index (χ4v) is 1.92. The highest BCUT2D eigenvalue weighted by Gasteiger charge is 2.24. The van der Waals surface area contributed by atoms with Crippen LogP contribution in [0.5, 0.6) is 0 Å². The molecule has 1 aliphatic rings. The van der Waals surface area contributed by atoms with E-state index in [1.807, 2.05) is 0 Å². The largest absolute Gasteiger partial charge is 0.408 e. The maximum atomic E-state index is 5.59. The van der Waals surface area contributed by atoms with Crippen molar-refractivity contribution in [3.05, 3.63) is 5.89 Å². The van der Waals surface area contributed by atoms with Gasteiger partial charge < -0.3 is 9.32 Å². The number of halogens is 1. The molecule has 0 amide bonds. The molecule has 1 fully saturated rings. The fourth-order valence-electron chi connectivity index (χ4n) is 1.76. The molecule has 1 aromatic rings. The molecule has 0 radical (unpaired) electrons. The second-order valence-electron chi connectivity index (χ2n) is 3.60. The summed E-state index contributed by atoms with van der Waals surface area (Å²) in [6.45, 7) is 3.20. The molecule has 1 atom stereocenters. The van der Waals surface area contributed by atoms with Gasteiger partial charge in [0.2, 0.25) is 5.89 Å². The second kappa shape index (κ2) is 4.17. The molecule has 1 aliphatic heterocycles. The zero-order valence-electron chi connectivity index (χ0n) is 8.24. The van der Waals surface area contributed by atoms with Crippen LogP contribution in [0.3, 0.4) is 0 Å². The van der Waals surface area contributed by atoms with Crippen molar-refractivity contribution in [2.75, 3.05) is 17.3 Å². The Labute approximate surface area is 88.2 Å². The van der Waals surface area contributed by atoms with Crippen LogP contribution in [0.15, 0.2) is 4.42 Å². The minimum Gasteiger partial charge on any atom is -0.408 e. The molecule has 0 aromatic carbocycles. The van der Waals surface area contributed by atoms with E-state index >= 15 is 0 Å². The van der Waals surface area contributed by atoms with Crippen LogP contribution in [0.25, 0.3) is 0 Å². The Morgan fingerprint density at radius 3 is 3.07 bits per heavy atom. The first-order valence-corrected chi connectivity index (χ1v) is 5.49. The summed E-state index contributed by atoms with van der Waals surface area (Å²) < 4.78 is 5.50. The summed E-state index contributed by atoms with van der Waals surface area (Å²) in [5.41, 5.74) is 0. The smallest absolute Gasteiger partial charge is 0.318 e. The maximum Gasteiger partial charge on any atom is 0.318 e. The van der Waals surface area contributed by atoms with E-state index in [4.69, 9.17) is 16.0 Å². The van der Waals surface area contributed by atoms with Crippen LogP contribution in [-0.2, 0) is 6.42 Å². The second-order valence-corrected chi connectivity index (χ2v) is 3.98. The molecule has 1 aromatic heterocycles. The molecule has 0 bridgehead atoms. The summed E-state index contributed by atoms with van der Waals surface area (Å²) in [4.78, 5) is 2.16. The molecular weight excluding hydrogens is 202 g/mol. The molecule has 78 valence electrons. The van der Waals surface area contributed by atoms with Gasteiger partial charge in [-0.15, -0.1) is 16.7 Å². The molecule has 2 heterocycles. The summed E-state index contributed by atoms with van der Waals surface area (Å²) in [6, 6.07) is 1.16. The molecule has 0 spiro atoms. The zero-order valence-corrected chi connectivity index (χ0v) is 9.00. The fraction of sp³-hybridized carbons (Fsp3) is 0.778. The van der Waals surface area contributed by atoms with Crippen molar-refractivity contribution in [1.82, 2.24) is 10.2 Å². The minimum atomic E-state index is 0.513. The van der Waals surface area contributed by atoms with Gasteiger partial charge in [0, 0.05) is 24.9 Å². The molecular formula is C9H14ClN3O. The molecule has 1 unspecified atom stereocenters. The van der Waals surface area contributed by atoms with E-state index in [1.54, 1.807) is 0 Å². The summed E-state index contributed by atoms with van der Waals surface area (Å²) in [5, 5.41) is 7.96. The van der Waals surface area contributed by atoms with Gasteiger partial charge in [0.05, 0.1) is 0 Å². The lowest BCUT2D eigenvalue weighted by molar-refractivity contribution is 0.486. The number of hydrogen-bond acceptors (Lipinski definition) is 4. The summed E-state index contributed by atoms with van der Waals surface area (Å²) in [6.07, 6.45) is 3.05. The first-order valence-electron chi connectivity index (χ1n) is 4.96. The molecule has 0 aliphatic carbocycles. The van der Waals surface area contributed by atoms with E-state index in [9.17, 15) is 0 Å². The van der Waals surface area contributed by atoms with Crippen molar-refractivity contribution >= 4 is 17.6 Å². The van der Waals surface area contributed by atoms with E-state index in [2.05, 4.69) is 22.0 Å². The predicted molar refractivity (Wildman–Crippen MR) is 54.8 cm³/mol. The van der Waals surface area contributed by atoms with Crippen LogP contribution in [0, 0.1) is 0 Å². The maximum absolute atomic E-state index is 5.59. The lowest BCUT2D eigenvalue weighted by Gasteiger charge is -2.17. The SMILES string of the molecule is CC1CCCN1c1nnc(CCCl)o1. The standard InChI is InChI=1S/C9H14ClN3O/c1-7-3-2-6-13(7)9-12-11-8(14-9)4-5-10/h7H,2-6H2,1H3. The molecule has 5 heteroatoms. The van der Waals surface area contributed by atoms with Crippen molar-refractivity contribution in [3.63, 3.8) is 0 Å². The Balaban J connectivity index is 2.08. The number of alkyl halides is 1. The van der Waals surface area contributed by atoms with Gasteiger partial charge in [-0.2, -0.15) is 0 Å². The highest BCUT2D eigenvalue weighted by molar-refractivity contribution is 6.17. The normalized spacial score (nSPS) is 21.9. The van der Waals surface area contributed by atoms with Gasteiger partial charge in [-0.1, -0.05) is 5.10 Å². The minimum absolute atomic E-state index is 0.513. The Hall–Kier alpha value is -0.770. The lowest BCUT2D eigenvalue weighted by atomic mass is 10.2. The van der Waals surface area contributed by atoms with Crippen LogP contribution in [0.4, 0.5) is 6.01 Å². The Kier molecular flexibility index (Phi) is 2.91. The Morgan fingerprint density at radius 1 is 1.57 bits per heavy atom. The summed E-state index contributed by atoms with van der Waals surface area (Å²) in [7, 11) is 0. The van der Waals surface area contributed by atoms with Crippen molar-refractivity contribution < 1.29 is 4.42 Å². The first-order chi connectivity index (χ1) is 6.81. The average Bonchev–Trinajstić information content (AvgIpc) is 2.74. The van der Waals surface area contributed by atoms with Gasteiger partial charge in [0.1, 0.15) is 0 Å². The highest BCUT2D eigenvalue weighted by Crippen LogP contribution is 2.23. The quantitative estimate of drug-likeness (QED) is 0.722. The van der Waals surface area contributed by atoms with Gasteiger partial charge in [-0.05, 0) is 19.8 Å². The van der Waals surface area contributed by atoms with Crippen molar-refractivity contribution in [1.29, 1.82) is 0 Å². The van der Waals surface area contributed by atoms with E-state index in [0.29, 0.717) is 30.2 Å². The third-order valence-corrected chi connectivity index (χ3v) is 2.75. The molecule has 4 nitrogen and oxygen atoms in total. The van der Waals surface area contributed by atoms with E-state index < -0.39 is 0 Å². The van der Waals surface area contributed by atoms with Crippen LogP contribution >= 0.6 is 11.6 Å². The third kappa shape index (κ3) is 1.85. The van der Waals surface area contributed by atoms with Crippen molar-refractivity contribution in [2.45, 2.75) is 32.2 Å². The van der Waals surface area contributed by atoms with Crippen LogP contribution < -0.4 is 4.90 Å². The molecule has 1 saturated heterocycles. The van der Waals surface area contributed by atoms with Gasteiger partial charge in [-0.25, -0.2) is 0 Å². The Bertz CT molecular complexity index is 302. The monoisotopic (exact) mass is 215 g/mol. The van der Waals surface area contributed by atoms with E-state index in [-0.39, 0.29) is 0 Å². The van der Waals surface area contributed by atoms with Crippen LogP contribution in [-0.4, -0.2) is 28.7 Å². The van der Waals surface area contributed by atoms with Crippen molar-refractivity contribution in [3.8, 4) is 0 Å². The third-order valence-electron chi connectivity index (χ3n) is 2.56.